The summed E-state index contributed by atoms with van der Waals surface area (Å²) in [5, 5.41) is 0. The predicted octanol–water partition coefficient (Wildman–Crippen LogP) is 16.4. The molecule has 0 rings (SSSR count). The van der Waals surface area contributed by atoms with Crippen molar-refractivity contribution in [3.05, 3.63) is 0 Å². The Morgan fingerprint density at radius 3 is 0.784 bits per heavy atom. The molecule has 0 saturated carbocycles. The first-order valence-corrected chi connectivity index (χ1v) is 24.2. The van der Waals surface area contributed by atoms with Gasteiger partial charge in [0.2, 0.25) is 0 Å². The smallest absolute Gasteiger partial charge is 0.302 e. The zero-order valence-electron chi connectivity index (χ0n) is 34.3. The molecule has 2 atom stereocenters. The van der Waals surface area contributed by atoms with Crippen LogP contribution in [0.4, 0.5) is 8.78 Å². The third-order valence-electron chi connectivity index (χ3n) is 10.8. The highest BCUT2D eigenvalue weighted by atomic mass is 31.2. The number of hydrogen-bond donors (Lipinski definition) is 1. The van der Waals surface area contributed by atoms with Crippen molar-refractivity contribution in [2.75, 3.05) is 26.6 Å². The summed E-state index contributed by atoms with van der Waals surface area (Å²) in [6, 6.07) is 0. The molecule has 0 bridgehead atoms. The maximum atomic E-state index is 13.6. The van der Waals surface area contributed by atoms with Gasteiger partial charge in [0.25, 0.3) is 0 Å². The molecule has 1 N–H and O–H groups in total. The van der Waals surface area contributed by atoms with Crippen LogP contribution in [0.2, 0.25) is 0 Å². The van der Waals surface area contributed by atoms with Crippen LogP contribution < -0.4 is 0 Å². The fourth-order valence-electron chi connectivity index (χ4n) is 7.16. The summed E-state index contributed by atoms with van der Waals surface area (Å²) in [4.78, 5) is 10.1. The first kappa shape index (κ1) is 51.0. The lowest BCUT2D eigenvalue weighted by molar-refractivity contribution is 0.101. The van der Waals surface area contributed by atoms with E-state index in [9.17, 15) is 18.2 Å². The van der Waals surface area contributed by atoms with Crippen molar-refractivity contribution in [2.24, 2.45) is 11.8 Å². The second-order valence-corrected chi connectivity index (χ2v) is 17.4. The van der Waals surface area contributed by atoms with E-state index < -0.39 is 33.0 Å². The molecule has 0 aromatic rings. The van der Waals surface area contributed by atoms with Crippen LogP contribution in [0.1, 0.15) is 245 Å². The van der Waals surface area contributed by atoms with Crippen LogP contribution in [0.3, 0.4) is 0 Å². The van der Waals surface area contributed by atoms with E-state index in [1.165, 1.54) is 180 Å². The summed E-state index contributed by atoms with van der Waals surface area (Å²) in [5.41, 5.74) is 0. The summed E-state index contributed by atoms with van der Waals surface area (Å²) in [7, 11) is -4.31. The minimum Gasteiger partial charge on any atom is -0.302 e. The number of phosphoric ester groups is 1. The van der Waals surface area contributed by atoms with Crippen LogP contribution in [0, 0.1) is 11.8 Å². The number of unbranched alkanes of at least 4 members (excludes halogenated alkanes) is 32. The Labute approximate surface area is 317 Å². The van der Waals surface area contributed by atoms with Crippen LogP contribution in [0.15, 0.2) is 0 Å². The minimum absolute atomic E-state index is 0.136. The molecule has 0 fully saturated rings. The maximum absolute atomic E-state index is 13.6. The predicted molar refractivity (Wildman–Crippen MR) is 218 cm³/mol. The van der Waals surface area contributed by atoms with Gasteiger partial charge in [0.05, 0.1) is 26.6 Å². The summed E-state index contributed by atoms with van der Waals surface area (Å²) < 4.78 is 49.8. The lowest BCUT2D eigenvalue weighted by Crippen LogP contribution is -2.14. The standard InChI is InChI=1S/C44H89F2O4P/c1-3-5-7-9-11-13-15-17-19-21-23-25-27-29-31-33-35-37-43(39-45)41-49-51(47,48)50-42-44(40-46)38-36-34-32-30-28-26-24-22-20-18-16-14-12-10-8-6-4-2/h43-44H,3-42H2,1-2H3,(H,47,48). The fraction of sp³-hybridized carbons (Fsp3) is 1.00. The molecule has 0 aliphatic carbocycles. The summed E-state index contributed by atoms with van der Waals surface area (Å²) in [5.74, 6) is -0.811. The zero-order chi connectivity index (χ0) is 37.4. The molecule has 0 spiro atoms. The van der Waals surface area contributed by atoms with Crippen LogP contribution in [0.5, 0.6) is 0 Å². The second-order valence-electron chi connectivity index (χ2n) is 16.0. The molecule has 2 unspecified atom stereocenters. The van der Waals surface area contributed by atoms with Crippen molar-refractivity contribution in [1.82, 2.24) is 0 Å². The Bertz CT molecular complexity index is 659. The Balaban J connectivity index is 3.66. The Kier molecular flexibility index (Phi) is 41.1. The van der Waals surface area contributed by atoms with E-state index in [4.69, 9.17) is 9.05 Å². The van der Waals surface area contributed by atoms with Gasteiger partial charge >= 0.3 is 7.82 Å². The molecule has 308 valence electrons. The number of hydrogen-bond acceptors (Lipinski definition) is 3. The molecule has 0 radical (unpaired) electrons. The van der Waals surface area contributed by atoms with Gasteiger partial charge in [-0.3, -0.25) is 17.8 Å². The number of rotatable bonds is 44. The number of halogens is 2. The van der Waals surface area contributed by atoms with E-state index in [0.29, 0.717) is 12.8 Å². The molecule has 0 aromatic heterocycles. The van der Waals surface area contributed by atoms with Gasteiger partial charge in [-0.2, -0.15) is 0 Å². The van der Waals surface area contributed by atoms with Gasteiger partial charge in [0.15, 0.2) is 0 Å². The molecule has 0 aromatic carbocycles. The minimum atomic E-state index is -4.31. The van der Waals surface area contributed by atoms with E-state index in [-0.39, 0.29) is 13.2 Å². The SMILES string of the molecule is CCCCCCCCCCCCCCCCCCCC(CF)COP(=O)(O)OCC(CF)CCCCCCCCCCCCCCCCCCC. The third-order valence-corrected chi connectivity index (χ3v) is 11.8. The van der Waals surface area contributed by atoms with E-state index in [1.807, 2.05) is 0 Å². The van der Waals surface area contributed by atoms with Gasteiger partial charge in [0, 0.05) is 11.8 Å². The average Bonchev–Trinajstić information content (AvgIpc) is 3.13. The molecule has 0 aliphatic heterocycles. The van der Waals surface area contributed by atoms with E-state index >= 15 is 0 Å². The van der Waals surface area contributed by atoms with Crippen molar-refractivity contribution >= 4 is 7.82 Å². The largest absolute Gasteiger partial charge is 0.472 e. The highest BCUT2D eigenvalue weighted by Crippen LogP contribution is 2.44. The lowest BCUT2D eigenvalue weighted by atomic mass is 10.0. The first-order chi connectivity index (χ1) is 25.0. The normalized spacial score (nSPS) is 14.2. The number of phosphoric acid groups is 1. The van der Waals surface area contributed by atoms with E-state index in [1.54, 1.807) is 0 Å². The molecular weight excluding hydrogens is 661 g/mol. The van der Waals surface area contributed by atoms with E-state index in [2.05, 4.69) is 13.8 Å². The molecule has 7 heteroatoms. The van der Waals surface area contributed by atoms with Gasteiger partial charge < -0.3 is 4.89 Å². The molecule has 4 nitrogen and oxygen atoms in total. The Hall–Kier alpha value is -0.0300. The van der Waals surface area contributed by atoms with Crippen molar-refractivity contribution in [1.29, 1.82) is 0 Å². The fourth-order valence-corrected chi connectivity index (χ4v) is 8.04. The van der Waals surface area contributed by atoms with Gasteiger partial charge in [-0.25, -0.2) is 4.57 Å². The zero-order valence-corrected chi connectivity index (χ0v) is 35.2. The monoisotopic (exact) mass is 751 g/mol. The topological polar surface area (TPSA) is 55.8 Å². The van der Waals surface area contributed by atoms with Crippen LogP contribution in [0.25, 0.3) is 0 Å². The average molecular weight is 751 g/mol. The van der Waals surface area contributed by atoms with Crippen molar-refractivity contribution < 1.29 is 27.3 Å². The maximum Gasteiger partial charge on any atom is 0.472 e. The van der Waals surface area contributed by atoms with Gasteiger partial charge in [-0.15, -0.1) is 0 Å². The molecule has 0 aliphatic rings. The van der Waals surface area contributed by atoms with Gasteiger partial charge in [-0.05, 0) is 12.8 Å². The molecule has 0 heterocycles. The Morgan fingerprint density at radius 2 is 0.588 bits per heavy atom. The van der Waals surface area contributed by atoms with Gasteiger partial charge in [-0.1, -0.05) is 232 Å². The van der Waals surface area contributed by atoms with Crippen molar-refractivity contribution in [2.45, 2.75) is 245 Å². The molecule has 51 heavy (non-hydrogen) atoms. The quantitative estimate of drug-likeness (QED) is 0.0498. The van der Waals surface area contributed by atoms with Crippen LogP contribution >= 0.6 is 7.82 Å². The second kappa shape index (κ2) is 41.1. The summed E-state index contributed by atoms with van der Waals surface area (Å²) in [6.07, 6.45) is 45.6. The highest BCUT2D eigenvalue weighted by molar-refractivity contribution is 7.47. The molecular formula is C44H89F2O4P. The number of alkyl halides is 2. The Morgan fingerprint density at radius 1 is 0.392 bits per heavy atom. The lowest BCUT2D eigenvalue weighted by Gasteiger charge is -2.19. The summed E-state index contributed by atoms with van der Waals surface area (Å²) in [6.45, 7) is 3.11. The first-order valence-electron chi connectivity index (χ1n) is 22.7. The third kappa shape index (κ3) is 39.5. The highest BCUT2D eigenvalue weighted by Gasteiger charge is 2.25. The van der Waals surface area contributed by atoms with Crippen molar-refractivity contribution in [3.8, 4) is 0 Å². The molecule has 0 saturated heterocycles. The summed E-state index contributed by atoms with van der Waals surface area (Å²) >= 11 is 0. The van der Waals surface area contributed by atoms with Crippen LogP contribution in [-0.4, -0.2) is 31.5 Å². The van der Waals surface area contributed by atoms with Gasteiger partial charge in [0.1, 0.15) is 0 Å². The van der Waals surface area contributed by atoms with Crippen LogP contribution in [-0.2, 0) is 13.6 Å². The van der Waals surface area contributed by atoms with Crippen molar-refractivity contribution in [3.63, 3.8) is 0 Å². The molecule has 0 amide bonds. The van der Waals surface area contributed by atoms with E-state index in [0.717, 1.165) is 38.5 Å².